The molecule has 11 nitrogen and oxygen atoms in total. The zero-order valence-corrected chi connectivity index (χ0v) is 56.9. The van der Waals surface area contributed by atoms with Gasteiger partial charge in [-0.05, 0) is 83.5 Å². The molecule has 0 bridgehead atoms. The average Bonchev–Trinajstić information content (AvgIpc) is 2.32. The number of esters is 1. The molecule has 0 aromatic rings. The van der Waals surface area contributed by atoms with Crippen LogP contribution in [0, 0.1) is 0 Å². The quantitative estimate of drug-likeness (QED) is 0.0195. The Balaban J connectivity index is 2.56. The number of carbonyl (C=O) groups is 2. The van der Waals surface area contributed by atoms with Crippen LogP contribution in [-0.2, 0) is 23.8 Å². The molecule has 8 atom stereocenters. The van der Waals surface area contributed by atoms with Crippen LogP contribution < -0.4 is 5.32 Å². The normalized spacial score (nSPS) is 18.5. The van der Waals surface area contributed by atoms with Crippen molar-refractivity contribution in [1.82, 2.24) is 5.32 Å². The van der Waals surface area contributed by atoms with Crippen LogP contribution in [0.15, 0.2) is 48.6 Å². The molecule has 1 fully saturated rings. The Morgan fingerprint density at radius 2 is 0.793 bits per heavy atom. The third-order valence-corrected chi connectivity index (χ3v) is 17.7. The van der Waals surface area contributed by atoms with Gasteiger partial charge in [0.1, 0.15) is 24.4 Å². The minimum absolute atomic E-state index is 0.123. The zero-order valence-electron chi connectivity index (χ0n) is 56.9. The summed E-state index contributed by atoms with van der Waals surface area (Å²) in [5.74, 6) is -1.18. The molecule has 1 heterocycles. The predicted molar refractivity (Wildman–Crippen MR) is 366 cm³/mol. The van der Waals surface area contributed by atoms with Gasteiger partial charge in [0, 0.05) is 6.42 Å². The van der Waals surface area contributed by atoms with Crippen molar-refractivity contribution in [2.75, 3.05) is 13.2 Å². The van der Waals surface area contributed by atoms with E-state index in [-0.39, 0.29) is 13.0 Å². The fourth-order valence-electron chi connectivity index (χ4n) is 11.8. The second-order valence-electron chi connectivity index (χ2n) is 26.0. The maximum absolute atomic E-state index is 13.5. The molecule has 1 saturated heterocycles. The molecule has 510 valence electrons. The molecule has 0 aliphatic carbocycles. The summed E-state index contributed by atoms with van der Waals surface area (Å²) in [6.45, 7) is 5.82. The lowest BCUT2D eigenvalue weighted by Crippen LogP contribution is -2.61. The molecular weight excluding hydrogens is 1090 g/mol. The molecule has 1 amide bonds. The average molecular weight is 1230 g/mol. The number of unbranched alkanes of at least 4 members (excludes halogenated alkanes) is 45. The third kappa shape index (κ3) is 50.9. The molecule has 0 saturated carbocycles. The summed E-state index contributed by atoms with van der Waals surface area (Å²) in [4.78, 5) is 26.7. The largest absolute Gasteiger partial charge is 0.454 e. The van der Waals surface area contributed by atoms with Crippen molar-refractivity contribution >= 4 is 11.9 Å². The fourth-order valence-corrected chi connectivity index (χ4v) is 11.8. The SMILES string of the molecule is CCCCC/C=C\C/C=C\CCCCCCCCCCCCCC(=O)OC1C(OCC(NC(=O)C(O)CCCCCCCCCCCCCCCC/C=C/CCCCCCCC)C(O)/C=C/CCCCCCCCCCCCC)OC(CO)C(O)C1O. The van der Waals surface area contributed by atoms with E-state index in [0.717, 1.165) is 64.2 Å². The van der Waals surface area contributed by atoms with E-state index in [1.807, 2.05) is 6.08 Å². The molecular formula is C76H141NO10. The minimum atomic E-state index is -1.61. The van der Waals surface area contributed by atoms with Gasteiger partial charge in [0.15, 0.2) is 12.4 Å². The summed E-state index contributed by atoms with van der Waals surface area (Å²) in [5, 5.41) is 57.4. The summed E-state index contributed by atoms with van der Waals surface area (Å²) in [7, 11) is 0. The van der Waals surface area contributed by atoms with E-state index >= 15 is 0 Å². The Hall–Kier alpha value is -2.38. The van der Waals surface area contributed by atoms with Crippen molar-refractivity contribution in [3.8, 4) is 0 Å². The number of allylic oxidation sites excluding steroid dienone is 7. The molecule has 0 aromatic heterocycles. The van der Waals surface area contributed by atoms with Crippen LogP contribution in [-0.4, -0.2) is 99.6 Å². The first-order valence-corrected chi connectivity index (χ1v) is 37.4. The van der Waals surface area contributed by atoms with Gasteiger partial charge in [-0.1, -0.05) is 320 Å². The van der Waals surface area contributed by atoms with Crippen LogP contribution in [0.2, 0.25) is 0 Å². The summed E-state index contributed by atoms with van der Waals surface area (Å²) in [6, 6.07) is -1.02. The molecule has 1 aliphatic rings. The van der Waals surface area contributed by atoms with Crippen LogP contribution >= 0.6 is 0 Å². The number of ether oxygens (including phenoxy) is 3. The van der Waals surface area contributed by atoms with Crippen molar-refractivity contribution in [2.45, 2.75) is 410 Å². The Morgan fingerprint density at radius 1 is 0.448 bits per heavy atom. The second kappa shape index (κ2) is 63.8. The van der Waals surface area contributed by atoms with Gasteiger partial charge in [0.05, 0.1) is 25.4 Å². The molecule has 0 aromatic carbocycles. The summed E-state index contributed by atoms with van der Waals surface area (Å²) >= 11 is 0. The van der Waals surface area contributed by atoms with Gasteiger partial charge in [-0.15, -0.1) is 0 Å². The van der Waals surface area contributed by atoms with Crippen molar-refractivity contribution in [1.29, 1.82) is 0 Å². The van der Waals surface area contributed by atoms with Gasteiger partial charge in [-0.2, -0.15) is 0 Å². The van der Waals surface area contributed by atoms with Crippen LogP contribution in [0.4, 0.5) is 0 Å². The van der Waals surface area contributed by atoms with E-state index in [1.54, 1.807) is 6.08 Å². The molecule has 0 radical (unpaired) electrons. The minimum Gasteiger partial charge on any atom is -0.454 e. The van der Waals surface area contributed by atoms with Gasteiger partial charge in [0.25, 0.3) is 0 Å². The highest BCUT2D eigenvalue weighted by Gasteiger charge is 2.47. The number of nitrogens with one attached hydrogen (secondary N) is 1. The molecule has 0 spiro atoms. The lowest BCUT2D eigenvalue weighted by molar-refractivity contribution is -0.305. The zero-order chi connectivity index (χ0) is 63.1. The predicted octanol–water partition coefficient (Wildman–Crippen LogP) is 19.5. The number of aliphatic hydroxyl groups excluding tert-OH is 5. The monoisotopic (exact) mass is 1230 g/mol. The Bertz CT molecular complexity index is 1600. The van der Waals surface area contributed by atoms with Crippen molar-refractivity contribution < 1.29 is 49.3 Å². The van der Waals surface area contributed by atoms with Crippen molar-refractivity contribution in [2.24, 2.45) is 0 Å². The highest BCUT2D eigenvalue weighted by atomic mass is 16.7. The van der Waals surface area contributed by atoms with Crippen LogP contribution in [0.3, 0.4) is 0 Å². The summed E-state index contributed by atoms with van der Waals surface area (Å²) in [6.07, 6.45) is 70.1. The lowest BCUT2D eigenvalue weighted by atomic mass is 9.99. The number of rotatable bonds is 65. The topological polar surface area (TPSA) is 175 Å². The van der Waals surface area contributed by atoms with E-state index < -0.39 is 67.4 Å². The first-order valence-electron chi connectivity index (χ1n) is 37.4. The summed E-state index contributed by atoms with van der Waals surface area (Å²) in [5.41, 5.74) is 0. The smallest absolute Gasteiger partial charge is 0.306 e. The number of aliphatic hydroxyl groups is 5. The van der Waals surface area contributed by atoms with Crippen LogP contribution in [0.25, 0.3) is 0 Å². The maximum atomic E-state index is 13.5. The molecule has 6 N–H and O–H groups in total. The molecule has 1 rings (SSSR count). The number of hydrogen-bond acceptors (Lipinski definition) is 10. The first kappa shape index (κ1) is 82.6. The highest BCUT2D eigenvalue weighted by molar-refractivity contribution is 5.80. The van der Waals surface area contributed by atoms with Gasteiger partial charge < -0.3 is 45.1 Å². The van der Waals surface area contributed by atoms with Gasteiger partial charge in [-0.3, -0.25) is 9.59 Å². The van der Waals surface area contributed by atoms with Crippen LogP contribution in [0.1, 0.15) is 361 Å². The van der Waals surface area contributed by atoms with E-state index in [4.69, 9.17) is 14.2 Å². The molecule has 87 heavy (non-hydrogen) atoms. The number of carbonyl (C=O) groups excluding carboxylic acids is 2. The van der Waals surface area contributed by atoms with E-state index in [9.17, 15) is 35.1 Å². The third-order valence-electron chi connectivity index (χ3n) is 17.7. The first-order chi connectivity index (χ1) is 42.7. The Kier molecular flexibility index (Phi) is 60.6. The second-order valence-corrected chi connectivity index (χ2v) is 26.0. The lowest BCUT2D eigenvalue weighted by Gasteiger charge is -2.41. The Labute approximate surface area is 536 Å². The van der Waals surface area contributed by atoms with E-state index in [0.29, 0.717) is 19.3 Å². The van der Waals surface area contributed by atoms with E-state index in [2.05, 4.69) is 62.5 Å². The summed E-state index contributed by atoms with van der Waals surface area (Å²) < 4.78 is 17.7. The highest BCUT2D eigenvalue weighted by Crippen LogP contribution is 2.26. The maximum Gasteiger partial charge on any atom is 0.306 e. The van der Waals surface area contributed by atoms with Gasteiger partial charge >= 0.3 is 5.97 Å². The van der Waals surface area contributed by atoms with E-state index in [1.165, 1.54) is 250 Å². The Morgan fingerprint density at radius 3 is 1.21 bits per heavy atom. The van der Waals surface area contributed by atoms with Gasteiger partial charge in [0.2, 0.25) is 5.91 Å². The molecule has 11 heteroatoms. The molecule has 8 unspecified atom stereocenters. The van der Waals surface area contributed by atoms with Crippen LogP contribution in [0.5, 0.6) is 0 Å². The number of hydrogen-bond donors (Lipinski definition) is 6. The standard InChI is InChI=1S/C76H141NO10/c1-4-7-10-13-16-19-22-25-27-29-31-33-34-35-37-38-40-42-45-48-51-54-57-60-63-69(80)75(84)77-67(68(79)62-59-56-53-50-47-44-24-21-18-15-12-9-6-3)66-85-76-74(73(83)72(82)70(65-78)86-76)87-71(81)64-61-58-55-52-49-46-43-41-39-36-32-30-28-26-23-20-17-14-11-8-5-2/h17,20,25-28,59,62,67-70,72-74,76,78-80,82-83H,4-16,18-19,21-24,29-58,60-61,63-66H2,1-3H3,(H,77,84)/b20-17-,27-25+,28-26-,62-59+. The van der Waals surface area contributed by atoms with Crippen molar-refractivity contribution in [3.05, 3.63) is 48.6 Å². The van der Waals surface area contributed by atoms with Gasteiger partial charge in [-0.25, -0.2) is 0 Å². The fraction of sp³-hybridized carbons (Fsp3) is 0.868. The number of amides is 1. The molecule has 1 aliphatic heterocycles. The van der Waals surface area contributed by atoms with Crippen molar-refractivity contribution in [3.63, 3.8) is 0 Å².